The molecule has 2 N–H and O–H groups in total. The van der Waals surface area contributed by atoms with Crippen LogP contribution in [0.25, 0.3) is 0 Å². The van der Waals surface area contributed by atoms with Gasteiger partial charge >= 0.3 is 0 Å². The Kier molecular flexibility index (Phi) is 7.15. The molecule has 0 unspecified atom stereocenters. The number of thioether (sulfide) groups is 1. The van der Waals surface area contributed by atoms with Crippen LogP contribution >= 0.6 is 23.4 Å². The smallest absolute Gasteiger partial charge is 0.234 e. The molecular formula is C18H19ClN2O2S. The fourth-order valence-corrected chi connectivity index (χ4v) is 2.91. The number of amides is 2. The molecule has 0 heterocycles. The maximum absolute atomic E-state index is 11.9. The average Bonchev–Trinajstić information content (AvgIpc) is 2.56. The first kappa shape index (κ1) is 18.4. The minimum absolute atomic E-state index is 0.0840. The summed E-state index contributed by atoms with van der Waals surface area (Å²) in [6.07, 6.45) is 0. The number of hydrogen-bond donors (Lipinski definition) is 2. The van der Waals surface area contributed by atoms with Crippen LogP contribution in [0, 0.1) is 6.92 Å². The molecule has 2 aromatic rings. The third kappa shape index (κ3) is 6.26. The summed E-state index contributed by atoms with van der Waals surface area (Å²) in [7, 11) is 0. The number of carbonyl (C=O) groups is 2. The maximum atomic E-state index is 11.9. The van der Waals surface area contributed by atoms with E-state index >= 15 is 0 Å². The van der Waals surface area contributed by atoms with E-state index in [0.717, 1.165) is 16.8 Å². The van der Waals surface area contributed by atoms with Gasteiger partial charge in [0.2, 0.25) is 11.8 Å². The highest BCUT2D eigenvalue weighted by Gasteiger charge is 2.07. The van der Waals surface area contributed by atoms with E-state index in [1.165, 1.54) is 11.8 Å². The lowest BCUT2D eigenvalue weighted by Crippen LogP contribution is -2.25. The van der Waals surface area contributed by atoms with Crippen molar-refractivity contribution in [1.29, 1.82) is 0 Å². The number of benzene rings is 2. The molecule has 4 nitrogen and oxygen atoms in total. The van der Waals surface area contributed by atoms with Gasteiger partial charge in [-0.05, 0) is 36.2 Å². The lowest BCUT2D eigenvalue weighted by molar-refractivity contribution is -0.118. The van der Waals surface area contributed by atoms with E-state index in [4.69, 9.17) is 11.6 Å². The topological polar surface area (TPSA) is 58.2 Å². The molecule has 2 amide bonds. The fraction of sp³-hybridized carbons (Fsp3) is 0.222. The van der Waals surface area contributed by atoms with Crippen molar-refractivity contribution in [1.82, 2.24) is 5.32 Å². The number of nitrogens with one attached hydrogen (secondary N) is 2. The van der Waals surface area contributed by atoms with Crippen LogP contribution in [0.3, 0.4) is 0 Å². The van der Waals surface area contributed by atoms with E-state index in [1.54, 1.807) is 18.2 Å². The summed E-state index contributed by atoms with van der Waals surface area (Å²) in [6, 6.07) is 15.0. The highest BCUT2D eigenvalue weighted by molar-refractivity contribution is 8.00. The second-order valence-corrected chi connectivity index (χ2v) is 6.68. The van der Waals surface area contributed by atoms with Crippen molar-refractivity contribution in [3.05, 3.63) is 64.7 Å². The lowest BCUT2D eigenvalue weighted by Gasteiger charge is -2.09. The van der Waals surface area contributed by atoms with Gasteiger partial charge in [0.25, 0.3) is 0 Å². The van der Waals surface area contributed by atoms with Crippen molar-refractivity contribution >= 4 is 40.9 Å². The Balaban J connectivity index is 1.67. The van der Waals surface area contributed by atoms with Crippen molar-refractivity contribution in [2.24, 2.45) is 0 Å². The predicted molar refractivity (Wildman–Crippen MR) is 100 cm³/mol. The van der Waals surface area contributed by atoms with Gasteiger partial charge in [0.15, 0.2) is 0 Å². The SMILES string of the molecule is Cc1cc(Cl)ccc1NC(=O)CSCC(=O)NCc1ccccc1. The Morgan fingerprint density at radius 3 is 2.46 bits per heavy atom. The second kappa shape index (κ2) is 9.35. The molecule has 0 fully saturated rings. The van der Waals surface area contributed by atoms with E-state index in [1.807, 2.05) is 37.3 Å². The molecule has 0 aliphatic carbocycles. The molecule has 0 saturated carbocycles. The molecule has 0 aliphatic rings. The zero-order chi connectivity index (χ0) is 17.4. The summed E-state index contributed by atoms with van der Waals surface area (Å²) >= 11 is 7.17. The molecule has 0 radical (unpaired) electrons. The van der Waals surface area contributed by atoms with Crippen LogP contribution in [0.2, 0.25) is 5.02 Å². The first-order valence-corrected chi connectivity index (χ1v) is 9.02. The Bertz CT molecular complexity index is 707. The van der Waals surface area contributed by atoms with Gasteiger partial charge in [-0.3, -0.25) is 9.59 Å². The molecule has 0 bridgehead atoms. The van der Waals surface area contributed by atoms with Crippen LogP contribution in [-0.4, -0.2) is 23.3 Å². The van der Waals surface area contributed by atoms with Crippen LogP contribution < -0.4 is 10.6 Å². The monoisotopic (exact) mass is 362 g/mol. The summed E-state index contributed by atoms with van der Waals surface area (Å²) in [4.78, 5) is 23.7. The van der Waals surface area contributed by atoms with E-state index in [0.29, 0.717) is 11.6 Å². The van der Waals surface area contributed by atoms with Gasteiger partial charge in [0, 0.05) is 17.3 Å². The van der Waals surface area contributed by atoms with Crippen LogP contribution in [0.4, 0.5) is 5.69 Å². The highest BCUT2D eigenvalue weighted by Crippen LogP contribution is 2.19. The fourth-order valence-electron chi connectivity index (χ4n) is 2.04. The zero-order valence-corrected chi connectivity index (χ0v) is 14.9. The maximum Gasteiger partial charge on any atom is 0.234 e. The van der Waals surface area contributed by atoms with E-state index in [-0.39, 0.29) is 23.3 Å². The average molecular weight is 363 g/mol. The first-order chi connectivity index (χ1) is 11.5. The molecule has 0 aromatic heterocycles. The van der Waals surface area contributed by atoms with Crippen LogP contribution in [0.1, 0.15) is 11.1 Å². The number of rotatable bonds is 7. The quantitative estimate of drug-likeness (QED) is 0.790. The third-order valence-corrected chi connectivity index (χ3v) is 4.43. The van der Waals surface area contributed by atoms with Gasteiger partial charge in [-0.2, -0.15) is 0 Å². The normalized spacial score (nSPS) is 10.2. The predicted octanol–water partition coefficient (Wildman–Crippen LogP) is 3.64. The van der Waals surface area contributed by atoms with Gasteiger partial charge in [-0.1, -0.05) is 41.9 Å². The number of hydrogen-bond acceptors (Lipinski definition) is 3. The molecule has 0 atom stereocenters. The van der Waals surface area contributed by atoms with Gasteiger partial charge in [-0.15, -0.1) is 11.8 Å². The van der Waals surface area contributed by atoms with Gasteiger partial charge in [0.05, 0.1) is 11.5 Å². The first-order valence-electron chi connectivity index (χ1n) is 7.49. The Labute approximate surface area is 151 Å². The van der Waals surface area contributed by atoms with Crippen molar-refractivity contribution in [3.63, 3.8) is 0 Å². The van der Waals surface area contributed by atoms with Gasteiger partial charge < -0.3 is 10.6 Å². The van der Waals surface area contributed by atoms with Crippen LogP contribution in [0.5, 0.6) is 0 Å². The molecule has 0 saturated heterocycles. The summed E-state index contributed by atoms with van der Waals surface area (Å²) in [5.74, 6) is 0.251. The summed E-state index contributed by atoms with van der Waals surface area (Å²) in [5, 5.41) is 6.28. The molecule has 126 valence electrons. The third-order valence-electron chi connectivity index (χ3n) is 3.26. The minimum Gasteiger partial charge on any atom is -0.351 e. The van der Waals surface area contributed by atoms with E-state index in [9.17, 15) is 9.59 Å². The standard InChI is InChI=1S/C18H19ClN2O2S/c1-13-9-15(19)7-8-16(13)21-18(23)12-24-11-17(22)20-10-14-5-3-2-4-6-14/h2-9H,10-12H2,1H3,(H,20,22)(H,21,23). The van der Waals surface area contributed by atoms with E-state index < -0.39 is 0 Å². The molecule has 2 rings (SSSR count). The second-order valence-electron chi connectivity index (χ2n) is 5.26. The van der Waals surface area contributed by atoms with Crippen LogP contribution in [0.15, 0.2) is 48.5 Å². The molecule has 0 aliphatic heterocycles. The molecular weight excluding hydrogens is 344 g/mol. The van der Waals surface area contributed by atoms with Gasteiger partial charge in [0.1, 0.15) is 0 Å². The Morgan fingerprint density at radius 2 is 1.75 bits per heavy atom. The summed E-state index contributed by atoms with van der Waals surface area (Å²) in [6.45, 7) is 2.38. The number of anilines is 1. The van der Waals surface area contributed by atoms with Crippen molar-refractivity contribution in [3.8, 4) is 0 Å². The largest absolute Gasteiger partial charge is 0.351 e. The number of halogens is 1. The Morgan fingerprint density at radius 1 is 1.04 bits per heavy atom. The van der Waals surface area contributed by atoms with Crippen molar-refractivity contribution in [2.45, 2.75) is 13.5 Å². The number of carbonyl (C=O) groups excluding carboxylic acids is 2. The lowest BCUT2D eigenvalue weighted by atomic mass is 10.2. The Hall–Kier alpha value is -1.98. The highest BCUT2D eigenvalue weighted by atomic mass is 35.5. The van der Waals surface area contributed by atoms with E-state index in [2.05, 4.69) is 10.6 Å². The van der Waals surface area contributed by atoms with Gasteiger partial charge in [-0.25, -0.2) is 0 Å². The minimum atomic E-state index is -0.138. The molecule has 0 spiro atoms. The van der Waals surface area contributed by atoms with Crippen molar-refractivity contribution in [2.75, 3.05) is 16.8 Å². The zero-order valence-electron chi connectivity index (χ0n) is 13.3. The molecule has 24 heavy (non-hydrogen) atoms. The molecule has 2 aromatic carbocycles. The molecule has 6 heteroatoms. The van der Waals surface area contributed by atoms with Crippen molar-refractivity contribution < 1.29 is 9.59 Å². The van der Waals surface area contributed by atoms with Crippen LogP contribution in [-0.2, 0) is 16.1 Å². The number of aryl methyl sites for hydroxylation is 1. The summed E-state index contributed by atoms with van der Waals surface area (Å²) in [5.41, 5.74) is 2.69. The summed E-state index contributed by atoms with van der Waals surface area (Å²) < 4.78 is 0.